The number of para-hydroxylation sites is 1. The van der Waals surface area contributed by atoms with Gasteiger partial charge in [0.1, 0.15) is 25.0 Å². The van der Waals surface area contributed by atoms with Gasteiger partial charge in [-0.05, 0) is 64.4 Å². The highest BCUT2D eigenvalue weighted by molar-refractivity contribution is 5.92. The number of carbonyl (C=O) groups is 1. The van der Waals surface area contributed by atoms with E-state index in [0.717, 1.165) is 22.6 Å². The van der Waals surface area contributed by atoms with E-state index in [1.54, 1.807) is 10.7 Å². The number of benzene rings is 2. The second kappa shape index (κ2) is 13.0. The third kappa shape index (κ3) is 6.90. The molecule has 9 nitrogen and oxygen atoms in total. The first-order valence-corrected chi connectivity index (χ1v) is 13.4. The normalized spacial score (nSPS) is 11.2. The van der Waals surface area contributed by atoms with Crippen molar-refractivity contribution >= 4 is 28.7 Å². The molecule has 0 bridgehead atoms. The van der Waals surface area contributed by atoms with Gasteiger partial charge < -0.3 is 14.8 Å². The molecule has 2 N–H and O–H groups in total. The zero-order valence-electron chi connectivity index (χ0n) is 23.6. The fourth-order valence-electron chi connectivity index (χ4n) is 4.64. The summed E-state index contributed by atoms with van der Waals surface area (Å²) in [6.07, 6.45) is 2.69. The summed E-state index contributed by atoms with van der Waals surface area (Å²) in [5.74, 6) is 0.813. The summed E-state index contributed by atoms with van der Waals surface area (Å²) in [7, 11) is 0. The molecule has 0 atom stereocenters. The van der Waals surface area contributed by atoms with E-state index in [9.17, 15) is 10.1 Å². The van der Waals surface area contributed by atoms with Gasteiger partial charge in [0.2, 0.25) is 0 Å². The molecule has 40 heavy (non-hydrogen) atoms. The number of nitrogens with one attached hydrogen (secondary N) is 2. The molecule has 0 spiro atoms. The molecule has 0 aliphatic carbocycles. The number of aromatic nitrogens is 2. The van der Waals surface area contributed by atoms with Crippen molar-refractivity contribution in [3.63, 3.8) is 0 Å². The Labute approximate surface area is 235 Å². The van der Waals surface area contributed by atoms with E-state index < -0.39 is 6.09 Å². The van der Waals surface area contributed by atoms with E-state index in [4.69, 9.17) is 9.47 Å². The van der Waals surface area contributed by atoms with Crippen molar-refractivity contribution in [3.8, 4) is 11.8 Å². The van der Waals surface area contributed by atoms with Crippen molar-refractivity contribution < 1.29 is 14.3 Å². The summed E-state index contributed by atoms with van der Waals surface area (Å²) in [5, 5.41) is 20.4. The van der Waals surface area contributed by atoms with Gasteiger partial charge in [0, 0.05) is 29.9 Å². The van der Waals surface area contributed by atoms with Crippen LogP contribution >= 0.6 is 0 Å². The van der Waals surface area contributed by atoms with Crippen molar-refractivity contribution in [1.29, 1.82) is 5.26 Å². The fourth-order valence-corrected chi connectivity index (χ4v) is 4.64. The van der Waals surface area contributed by atoms with Gasteiger partial charge in [0.25, 0.3) is 0 Å². The van der Waals surface area contributed by atoms with Crippen LogP contribution in [0.4, 0.5) is 21.9 Å². The molecule has 0 unspecified atom stereocenters. The lowest BCUT2D eigenvalue weighted by Crippen LogP contribution is -2.39. The zero-order chi connectivity index (χ0) is 28.6. The van der Waals surface area contributed by atoms with Crippen molar-refractivity contribution in [2.75, 3.05) is 23.8 Å². The maximum absolute atomic E-state index is 12.6. The van der Waals surface area contributed by atoms with Gasteiger partial charge >= 0.3 is 6.09 Å². The van der Waals surface area contributed by atoms with Gasteiger partial charge in [0.05, 0.1) is 34.8 Å². The highest BCUT2D eigenvalue weighted by Crippen LogP contribution is 2.32. The van der Waals surface area contributed by atoms with Gasteiger partial charge in [0.15, 0.2) is 0 Å². The molecule has 2 aromatic heterocycles. The van der Waals surface area contributed by atoms with Crippen molar-refractivity contribution in [2.45, 2.75) is 53.3 Å². The van der Waals surface area contributed by atoms with Crippen LogP contribution in [0.5, 0.6) is 5.75 Å². The van der Waals surface area contributed by atoms with Gasteiger partial charge in [-0.1, -0.05) is 30.3 Å². The molecule has 208 valence electrons. The quantitative estimate of drug-likeness (QED) is 0.224. The number of fused-ring (bicyclic) bond motifs is 1. The monoisotopic (exact) mass is 540 g/mol. The molecule has 2 heterocycles. The number of amides is 1. The Morgan fingerprint density at radius 2 is 1.77 bits per heavy atom. The minimum absolute atomic E-state index is 0.282. The standard InChI is InChI=1S/C31H36N6O3/c1-21(2)36(22(3)4)15-16-39-31(38)35-28-19-37-30(23(28)5)29(25(17-32)18-33-37)34-26-13-11-24(12-14-26)20-40-27-9-7-6-8-10-27/h6-14,18-19,21-22,34H,15-16,20H2,1-5H3,(H,35,38). The predicted octanol–water partition coefficient (Wildman–Crippen LogP) is 6.50. The molecule has 0 aliphatic heterocycles. The molecule has 0 aliphatic rings. The SMILES string of the molecule is Cc1c(NC(=O)OCCN(C(C)C)C(C)C)cn2ncc(C#N)c(Nc3ccc(COc4ccccc4)cc3)c12. The molecule has 2 aromatic carbocycles. The second-order valence-corrected chi connectivity index (χ2v) is 10.1. The molecule has 0 saturated heterocycles. The van der Waals surface area contributed by atoms with Gasteiger partial charge in [-0.2, -0.15) is 10.4 Å². The molecule has 0 saturated carbocycles. The highest BCUT2D eigenvalue weighted by Gasteiger charge is 2.18. The minimum Gasteiger partial charge on any atom is -0.489 e. The van der Waals surface area contributed by atoms with Crippen molar-refractivity contribution in [1.82, 2.24) is 14.5 Å². The van der Waals surface area contributed by atoms with Crippen LogP contribution in [0.1, 0.15) is 44.4 Å². The Morgan fingerprint density at radius 3 is 2.42 bits per heavy atom. The highest BCUT2D eigenvalue weighted by atomic mass is 16.5. The minimum atomic E-state index is -0.533. The number of aryl methyl sites for hydroxylation is 1. The van der Waals surface area contributed by atoms with Crippen molar-refractivity contribution in [3.05, 3.63) is 83.7 Å². The Bertz CT molecular complexity index is 1470. The number of hydrogen-bond donors (Lipinski definition) is 2. The Kier molecular flexibility index (Phi) is 9.25. The second-order valence-electron chi connectivity index (χ2n) is 10.1. The van der Waals surface area contributed by atoms with Gasteiger partial charge in [-0.3, -0.25) is 10.2 Å². The number of nitriles is 1. The smallest absolute Gasteiger partial charge is 0.411 e. The summed E-state index contributed by atoms with van der Waals surface area (Å²) in [6.45, 7) is 11.8. The van der Waals surface area contributed by atoms with E-state index >= 15 is 0 Å². The molecule has 9 heteroatoms. The predicted molar refractivity (Wildman–Crippen MR) is 157 cm³/mol. The third-order valence-corrected chi connectivity index (χ3v) is 6.70. The van der Waals surface area contributed by atoms with Crippen LogP contribution in [0.15, 0.2) is 67.0 Å². The Balaban J connectivity index is 1.46. The van der Waals surface area contributed by atoms with Crippen LogP contribution in [0.3, 0.4) is 0 Å². The molecule has 0 fully saturated rings. The van der Waals surface area contributed by atoms with E-state index in [-0.39, 0.29) is 6.61 Å². The maximum Gasteiger partial charge on any atom is 0.411 e. The average Bonchev–Trinajstić information content (AvgIpc) is 3.26. The van der Waals surface area contributed by atoms with Crippen LogP contribution in [0.25, 0.3) is 5.52 Å². The lowest BCUT2D eigenvalue weighted by molar-refractivity contribution is 0.111. The van der Waals surface area contributed by atoms with Gasteiger partial charge in [-0.25, -0.2) is 9.31 Å². The summed E-state index contributed by atoms with van der Waals surface area (Å²) in [6, 6.07) is 20.4. The van der Waals surface area contributed by atoms with Crippen LogP contribution in [-0.4, -0.2) is 45.8 Å². The number of carbonyl (C=O) groups excluding carboxylic acids is 1. The summed E-state index contributed by atoms with van der Waals surface area (Å²) in [4.78, 5) is 14.8. The summed E-state index contributed by atoms with van der Waals surface area (Å²) in [5.41, 5.74) is 4.84. The summed E-state index contributed by atoms with van der Waals surface area (Å²) < 4.78 is 12.9. The van der Waals surface area contributed by atoms with Crippen LogP contribution in [0.2, 0.25) is 0 Å². The Hall–Kier alpha value is -4.55. The lowest BCUT2D eigenvalue weighted by Gasteiger charge is -2.30. The number of rotatable bonds is 11. The number of ether oxygens (including phenoxy) is 2. The molecular weight excluding hydrogens is 504 g/mol. The molecule has 1 amide bonds. The van der Waals surface area contributed by atoms with Crippen LogP contribution in [0, 0.1) is 18.3 Å². The van der Waals surface area contributed by atoms with Crippen LogP contribution < -0.4 is 15.4 Å². The van der Waals surface area contributed by atoms with E-state index in [2.05, 4.69) is 54.4 Å². The third-order valence-electron chi connectivity index (χ3n) is 6.70. The number of hydrogen-bond acceptors (Lipinski definition) is 7. The van der Waals surface area contributed by atoms with E-state index in [1.807, 2.05) is 61.5 Å². The first kappa shape index (κ1) is 28.5. The fraction of sp³-hybridized carbons (Fsp3) is 0.323. The zero-order valence-corrected chi connectivity index (χ0v) is 23.6. The van der Waals surface area contributed by atoms with E-state index in [1.165, 1.54) is 6.20 Å². The first-order chi connectivity index (χ1) is 19.3. The van der Waals surface area contributed by atoms with Gasteiger partial charge in [-0.15, -0.1) is 0 Å². The Morgan fingerprint density at radius 1 is 1.07 bits per heavy atom. The lowest BCUT2D eigenvalue weighted by atomic mass is 10.1. The average molecular weight is 541 g/mol. The molecular formula is C31H36N6O3. The first-order valence-electron chi connectivity index (χ1n) is 13.4. The van der Waals surface area contributed by atoms with E-state index in [0.29, 0.717) is 47.7 Å². The largest absolute Gasteiger partial charge is 0.489 e. The topological polar surface area (TPSA) is 104 Å². The van der Waals surface area contributed by atoms with Crippen LogP contribution in [-0.2, 0) is 11.3 Å². The summed E-state index contributed by atoms with van der Waals surface area (Å²) >= 11 is 0. The number of nitrogens with zero attached hydrogens (tertiary/aromatic N) is 4. The maximum atomic E-state index is 12.6. The van der Waals surface area contributed by atoms with Crippen molar-refractivity contribution in [2.24, 2.45) is 0 Å². The molecule has 4 rings (SSSR count). The molecule has 0 radical (unpaired) electrons. The molecule has 4 aromatic rings. The number of anilines is 3.